The normalized spacial score (nSPS) is 13.0. The van der Waals surface area contributed by atoms with Crippen LogP contribution in [0.25, 0.3) is 99.9 Å². The molecule has 3 heteroatoms. The van der Waals surface area contributed by atoms with Gasteiger partial charge < -0.3 is 0 Å². The van der Waals surface area contributed by atoms with Gasteiger partial charge in [0.15, 0.2) is 17.5 Å². The number of aromatic nitrogens is 3. The number of hydrogen-bond acceptors (Lipinski definition) is 3. The quantitative estimate of drug-likeness (QED) is 0.132. The third-order valence-electron chi connectivity index (χ3n) is 13.1. The molecule has 0 amide bonds. The lowest BCUT2D eigenvalue weighted by molar-refractivity contribution is 0.794. The Kier molecular flexibility index (Phi) is 7.22. The van der Waals surface area contributed by atoms with Crippen LogP contribution in [-0.4, -0.2) is 15.0 Å². The van der Waals surface area contributed by atoms with Crippen LogP contribution in [-0.2, 0) is 5.41 Å². The van der Waals surface area contributed by atoms with Gasteiger partial charge in [0.25, 0.3) is 0 Å². The van der Waals surface area contributed by atoms with Crippen LogP contribution < -0.4 is 0 Å². The molecular weight excluding hydrogens is 739 g/mol. The molecule has 13 rings (SSSR count). The van der Waals surface area contributed by atoms with Crippen molar-refractivity contribution in [3.63, 3.8) is 0 Å². The minimum atomic E-state index is -0.574. The molecule has 1 aromatic heterocycles. The van der Waals surface area contributed by atoms with Gasteiger partial charge in [0.05, 0.1) is 5.41 Å². The Morgan fingerprint density at radius 3 is 1.48 bits per heavy atom. The highest BCUT2D eigenvalue weighted by molar-refractivity contribution is 6.19. The highest BCUT2D eigenvalue weighted by atomic mass is 15.0. The van der Waals surface area contributed by atoms with E-state index in [9.17, 15) is 0 Å². The van der Waals surface area contributed by atoms with Crippen LogP contribution >= 0.6 is 0 Å². The Morgan fingerprint density at radius 2 is 0.770 bits per heavy atom. The first-order valence-electron chi connectivity index (χ1n) is 20.9. The molecule has 0 unspecified atom stereocenters. The largest absolute Gasteiger partial charge is 0.208 e. The molecule has 11 aromatic rings. The summed E-state index contributed by atoms with van der Waals surface area (Å²) in [6.45, 7) is 0. The predicted octanol–water partition coefficient (Wildman–Crippen LogP) is 14.3. The first kappa shape index (κ1) is 33.9. The Balaban J connectivity index is 1.17. The third-order valence-corrected chi connectivity index (χ3v) is 13.1. The molecular formula is C58H35N3. The van der Waals surface area contributed by atoms with Crippen LogP contribution in [0.2, 0.25) is 0 Å². The van der Waals surface area contributed by atoms with Gasteiger partial charge in [0, 0.05) is 16.7 Å². The van der Waals surface area contributed by atoms with Crippen molar-refractivity contribution in [2.45, 2.75) is 5.41 Å². The van der Waals surface area contributed by atoms with E-state index in [0.717, 1.165) is 44.0 Å². The van der Waals surface area contributed by atoms with Crippen molar-refractivity contribution in [2.75, 3.05) is 0 Å². The summed E-state index contributed by atoms with van der Waals surface area (Å²) in [4.78, 5) is 16.8. The third kappa shape index (κ3) is 4.77. The highest BCUT2D eigenvalue weighted by Gasteiger charge is 2.52. The summed E-state index contributed by atoms with van der Waals surface area (Å²) >= 11 is 0. The predicted molar refractivity (Wildman–Crippen MR) is 250 cm³/mol. The first-order chi connectivity index (χ1) is 30.3. The zero-order valence-electron chi connectivity index (χ0n) is 33.0. The van der Waals surface area contributed by atoms with Gasteiger partial charge in [-0.2, -0.15) is 0 Å². The Bertz CT molecular complexity index is 3540. The highest BCUT2D eigenvalue weighted by Crippen LogP contribution is 2.64. The van der Waals surface area contributed by atoms with Crippen LogP contribution in [0.5, 0.6) is 0 Å². The van der Waals surface area contributed by atoms with E-state index in [1.165, 1.54) is 60.7 Å². The summed E-state index contributed by atoms with van der Waals surface area (Å²) in [6, 6.07) is 76.7. The summed E-state index contributed by atoms with van der Waals surface area (Å²) in [7, 11) is 0. The maximum atomic E-state index is 5.67. The monoisotopic (exact) mass is 773 g/mol. The Morgan fingerprint density at radius 1 is 0.279 bits per heavy atom. The average Bonchev–Trinajstić information content (AvgIpc) is 3.81. The number of fused-ring (bicyclic) bond motifs is 14. The van der Waals surface area contributed by atoms with Gasteiger partial charge in [-0.05, 0) is 94.0 Å². The van der Waals surface area contributed by atoms with Crippen molar-refractivity contribution >= 4 is 32.3 Å². The maximum Gasteiger partial charge on any atom is 0.165 e. The van der Waals surface area contributed by atoms with Gasteiger partial charge >= 0.3 is 0 Å². The fourth-order valence-electron chi connectivity index (χ4n) is 10.7. The molecule has 1 spiro atoms. The van der Waals surface area contributed by atoms with Crippen molar-refractivity contribution in [3.05, 3.63) is 235 Å². The molecule has 0 fully saturated rings. The zero-order chi connectivity index (χ0) is 40.1. The molecule has 2 aliphatic rings. The molecule has 0 N–H and O–H groups in total. The standard InChI is InChI=1S/C58H35N3/c1-2-17-36(18-3-1)39-21-8-9-27-47(39)55-59-56(61-57(60-55)53-41-23-7-5-20-38(41)35-49-40-22-6-4-19-37(40)33-34-45(49)53)48-29-16-28-46-44-26-12-15-32-52(44)58(54(46)48)50-30-13-10-24-42(50)43-25-11-14-31-51(43)58/h1-35H. The smallest absolute Gasteiger partial charge is 0.165 e. The number of nitrogens with zero attached hydrogens (tertiary/aromatic N) is 3. The van der Waals surface area contributed by atoms with E-state index in [4.69, 9.17) is 15.0 Å². The molecule has 2 aliphatic carbocycles. The van der Waals surface area contributed by atoms with Gasteiger partial charge in [-0.15, -0.1) is 0 Å². The summed E-state index contributed by atoms with van der Waals surface area (Å²) in [6.07, 6.45) is 0. The van der Waals surface area contributed by atoms with Crippen molar-refractivity contribution in [1.82, 2.24) is 15.0 Å². The molecule has 1 heterocycles. The molecule has 61 heavy (non-hydrogen) atoms. The lowest BCUT2D eigenvalue weighted by atomic mass is 9.69. The molecule has 0 saturated heterocycles. The van der Waals surface area contributed by atoms with E-state index in [2.05, 4.69) is 212 Å². The molecule has 0 saturated carbocycles. The van der Waals surface area contributed by atoms with Gasteiger partial charge in [-0.25, -0.2) is 15.0 Å². The van der Waals surface area contributed by atoms with Gasteiger partial charge in [0.1, 0.15) is 0 Å². The minimum absolute atomic E-state index is 0.574. The van der Waals surface area contributed by atoms with Gasteiger partial charge in [0.2, 0.25) is 0 Å². The SMILES string of the molecule is c1ccc(-c2ccccc2-c2nc(-c3cccc4c3C3(c5ccccc5-c5ccccc53)c3ccccc3-4)nc(-c3c4ccccc4cc4c3ccc3ccccc34)n2)cc1. The van der Waals surface area contributed by atoms with Crippen molar-refractivity contribution in [3.8, 4) is 67.5 Å². The van der Waals surface area contributed by atoms with Crippen LogP contribution in [0.15, 0.2) is 212 Å². The van der Waals surface area contributed by atoms with Crippen LogP contribution in [0.3, 0.4) is 0 Å². The van der Waals surface area contributed by atoms with E-state index < -0.39 is 5.41 Å². The summed E-state index contributed by atoms with van der Waals surface area (Å²) in [5.41, 5.74) is 14.6. The van der Waals surface area contributed by atoms with E-state index in [1.54, 1.807) is 0 Å². The van der Waals surface area contributed by atoms with Crippen molar-refractivity contribution in [1.29, 1.82) is 0 Å². The first-order valence-corrected chi connectivity index (χ1v) is 20.9. The van der Waals surface area contributed by atoms with Gasteiger partial charge in [-0.3, -0.25) is 0 Å². The second kappa shape index (κ2) is 13.0. The number of benzene rings is 10. The summed E-state index contributed by atoms with van der Waals surface area (Å²) in [5, 5.41) is 6.93. The Labute approximate surface area is 353 Å². The maximum absolute atomic E-state index is 5.67. The van der Waals surface area contributed by atoms with Crippen molar-refractivity contribution < 1.29 is 0 Å². The fourth-order valence-corrected chi connectivity index (χ4v) is 10.7. The second-order valence-corrected chi connectivity index (χ2v) is 16.2. The zero-order valence-corrected chi connectivity index (χ0v) is 33.0. The summed E-state index contributed by atoms with van der Waals surface area (Å²) in [5.74, 6) is 1.93. The fraction of sp³-hybridized carbons (Fsp3) is 0.0172. The lowest BCUT2D eigenvalue weighted by Crippen LogP contribution is -2.26. The topological polar surface area (TPSA) is 38.7 Å². The van der Waals surface area contributed by atoms with Crippen LogP contribution in [0, 0.1) is 0 Å². The molecule has 0 radical (unpaired) electrons. The minimum Gasteiger partial charge on any atom is -0.208 e. The van der Waals surface area contributed by atoms with Crippen LogP contribution in [0.4, 0.5) is 0 Å². The van der Waals surface area contributed by atoms with E-state index in [0.29, 0.717) is 17.5 Å². The van der Waals surface area contributed by atoms with E-state index in [-0.39, 0.29) is 0 Å². The molecule has 282 valence electrons. The molecule has 10 aromatic carbocycles. The lowest BCUT2D eigenvalue weighted by Gasteiger charge is -2.32. The number of hydrogen-bond donors (Lipinski definition) is 0. The van der Waals surface area contributed by atoms with E-state index >= 15 is 0 Å². The second-order valence-electron chi connectivity index (χ2n) is 16.2. The molecule has 3 nitrogen and oxygen atoms in total. The Hall–Kier alpha value is -8.01. The summed E-state index contributed by atoms with van der Waals surface area (Å²) < 4.78 is 0. The van der Waals surface area contributed by atoms with Crippen molar-refractivity contribution in [2.24, 2.45) is 0 Å². The van der Waals surface area contributed by atoms with Crippen LogP contribution in [0.1, 0.15) is 22.3 Å². The van der Waals surface area contributed by atoms with E-state index in [1.807, 2.05) is 0 Å². The molecule has 0 aliphatic heterocycles. The average molecular weight is 774 g/mol. The molecule has 0 atom stereocenters. The van der Waals surface area contributed by atoms with Gasteiger partial charge in [-0.1, -0.05) is 206 Å². The molecule has 0 bridgehead atoms. The number of rotatable bonds is 4.